The van der Waals surface area contributed by atoms with Gasteiger partial charge in [-0.15, -0.1) is 5.10 Å². The van der Waals surface area contributed by atoms with E-state index >= 15 is 0 Å². The zero-order valence-electron chi connectivity index (χ0n) is 14.7. The molecule has 0 bridgehead atoms. The van der Waals surface area contributed by atoms with Crippen molar-refractivity contribution in [1.82, 2.24) is 25.0 Å². The van der Waals surface area contributed by atoms with Gasteiger partial charge in [-0.05, 0) is 36.8 Å². The highest BCUT2D eigenvalue weighted by atomic mass is 16.3. The SMILES string of the molecule is Cc1cc(C)n2nc(C(=O)NN=Cc3c(O)ccc4ccccc34)nc2n1. The molecule has 0 atom stereocenters. The van der Waals surface area contributed by atoms with Crippen LogP contribution in [0, 0.1) is 13.8 Å². The molecule has 2 N–H and O–H groups in total. The fraction of sp³-hybridized carbons (Fsp3) is 0.105. The van der Waals surface area contributed by atoms with Gasteiger partial charge in [0.25, 0.3) is 5.78 Å². The number of aromatic nitrogens is 4. The smallest absolute Gasteiger partial charge is 0.311 e. The maximum Gasteiger partial charge on any atom is 0.311 e. The van der Waals surface area contributed by atoms with Crippen molar-refractivity contribution < 1.29 is 9.90 Å². The lowest BCUT2D eigenvalue weighted by atomic mass is 10.0. The molecule has 27 heavy (non-hydrogen) atoms. The average Bonchev–Trinajstić information content (AvgIpc) is 3.08. The van der Waals surface area contributed by atoms with Crippen LogP contribution in [-0.4, -0.2) is 36.8 Å². The first-order valence-electron chi connectivity index (χ1n) is 8.28. The molecule has 8 heteroatoms. The summed E-state index contributed by atoms with van der Waals surface area (Å²) in [6, 6.07) is 12.8. The molecule has 1 amide bonds. The van der Waals surface area contributed by atoms with E-state index in [1.807, 2.05) is 50.2 Å². The maximum absolute atomic E-state index is 12.3. The summed E-state index contributed by atoms with van der Waals surface area (Å²) in [5.74, 6) is -0.162. The van der Waals surface area contributed by atoms with Crippen molar-refractivity contribution in [3.8, 4) is 5.75 Å². The van der Waals surface area contributed by atoms with E-state index in [-0.39, 0.29) is 11.6 Å². The highest BCUT2D eigenvalue weighted by Gasteiger charge is 2.14. The van der Waals surface area contributed by atoms with Crippen molar-refractivity contribution in [2.24, 2.45) is 5.10 Å². The number of rotatable bonds is 3. The third kappa shape index (κ3) is 3.08. The molecule has 2 aromatic carbocycles. The quantitative estimate of drug-likeness (QED) is 0.431. The number of hydrogen-bond acceptors (Lipinski definition) is 6. The summed E-state index contributed by atoms with van der Waals surface area (Å²) >= 11 is 0. The minimum absolute atomic E-state index is 0.0320. The highest BCUT2D eigenvalue weighted by molar-refractivity contribution is 6.02. The molecule has 0 spiro atoms. The zero-order chi connectivity index (χ0) is 19.0. The predicted molar refractivity (Wildman–Crippen MR) is 101 cm³/mol. The number of phenolic OH excluding ortho intramolecular Hbond substituents is 1. The van der Waals surface area contributed by atoms with Crippen LogP contribution in [0.25, 0.3) is 16.6 Å². The van der Waals surface area contributed by atoms with Crippen LogP contribution in [0.4, 0.5) is 0 Å². The van der Waals surface area contributed by atoms with Gasteiger partial charge in [-0.25, -0.2) is 14.9 Å². The lowest BCUT2D eigenvalue weighted by Crippen LogP contribution is -2.19. The Morgan fingerprint density at radius 3 is 2.85 bits per heavy atom. The molecule has 0 fully saturated rings. The number of fused-ring (bicyclic) bond motifs is 2. The molecule has 0 saturated carbocycles. The summed E-state index contributed by atoms with van der Waals surface area (Å²) < 4.78 is 1.50. The van der Waals surface area contributed by atoms with Gasteiger partial charge < -0.3 is 5.11 Å². The highest BCUT2D eigenvalue weighted by Crippen LogP contribution is 2.25. The van der Waals surface area contributed by atoms with E-state index in [1.165, 1.54) is 10.7 Å². The van der Waals surface area contributed by atoms with Gasteiger partial charge in [-0.3, -0.25) is 4.79 Å². The minimum atomic E-state index is -0.562. The maximum atomic E-state index is 12.3. The van der Waals surface area contributed by atoms with E-state index in [0.717, 1.165) is 22.2 Å². The van der Waals surface area contributed by atoms with Crippen LogP contribution in [0.1, 0.15) is 27.6 Å². The van der Waals surface area contributed by atoms with Crippen molar-refractivity contribution >= 4 is 28.7 Å². The second kappa shape index (κ2) is 6.49. The lowest BCUT2D eigenvalue weighted by molar-refractivity contribution is 0.0945. The average molecular weight is 360 g/mol. The Morgan fingerprint density at radius 1 is 1.19 bits per heavy atom. The molecule has 2 aromatic heterocycles. The standard InChI is InChI=1S/C19H16N6O2/c1-11-9-12(2)25-19(21-11)22-17(24-25)18(27)23-20-10-15-14-6-4-3-5-13(14)7-8-16(15)26/h3-10,26H,1-2H3,(H,23,27). The van der Waals surface area contributed by atoms with E-state index in [1.54, 1.807) is 6.07 Å². The number of nitrogens with zero attached hydrogens (tertiary/aromatic N) is 5. The van der Waals surface area contributed by atoms with Gasteiger partial charge in [-0.1, -0.05) is 30.3 Å². The number of phenols is 1. The number of aromatic hydroxyl groups is 1. The van der Waals surface area contributed by atoms with Crippen LogP contribution >= 0.6 is 0 Å². The molecule has 0 aliphatic rings. The number of hydrogen-bond donors (Lipinski definition) is 2. The number of carbonyl (C=O) groups is 1. The van der Waals surface area contributed by atoms with Crippen LogP contribution < -0.4 is 5.43 Å². The van der Waals surface area contributed by atoms with Gasteiger partial charge in [0.1, 0.15) is 5.75 Å². The van der Waals surface area contributed by atoms with Gasteiger partial charge in [0, 0.05) is 17.0 Å². The number of benzene rings is 2. The van der Waals surface area contributed by atoms with Crippen LogP contribution in [0.5, 0.6) is 5.75 Å². The largest absolute Gasteiger partial charge is 0.507 e. The Bertz CT molecular complexity index is 1210. The molecule has 0 aliphatic heterocycles. The molecule has 0 saturated heterocycles. The second-order valence-electron chi connectivity index (χ2n) is 6.10. The number of aryl methyl sites for hydroxylation is 2. The molecular formula is C19H16N6O2. The van der Waals surface area contributed by atoms with Crippen molar-refractivity contribution in [1.29, 1.82) is 0 Å². The fourth-order valence-corrected chi connectivity index (χ4v) is 2.89. The van der Waals surface area contributed by atoms with Crippen molar-refractivity contribution in [3.63, 3.8) is 0 Å². The number of amides is 1. The van der Waals surface area contributed by atoms with Gasteiger partial charge in [-0.2, -0.15) is 10.1 Å². The Labute approximate surface area is 154 Å². The molecule has 2 heterocycles. The first-order valence-corrected chi connectivity index (χ1v) is 8.28. The summed E-state index contributed by atoms with van der Waals surface area (Å²) in [7, 11) is 0. The molecule has 0 unspecified atom stereocenters. The van der Waals surface area contributed by atoms with E-state index in [0.29, 0.717) is 11.3 Å². The Balaban J connectivity index is 1.60. The van der Waals surface area contributed by atoms with E-state index in [4.69, 9.17) is 0 Å². The third-order valence-corrected chi connectivity index (χ3v) is 4.13. The molecule has 0 aliphatic carbocycles. The van der Waals surface area contributed by atoms with Crippen LogP contribution in [0.2, 0.25) is 0 Å². The van der Waals surface area contributed by atoms with Crippen LogP contribution in [0.3, 0.4) is 0 Å². The van der Waals surface area contributed by atoms with Crippen molar-refractivity contribution in [3.05, 3.63) is 65.2 Å². The molecule has 8 nitrogen and oxygen atoms in total. The topological polar surface area (TPSA) is 105 Å². The molecule has 0 radical (unpaired) electrons. The summed E-state index contributed by atoms with van der Waals surface area (Å²) in [4.78, 5) is 20.7. The lowest BCUT2D eigenvalue weighted by Gasteiger charge is -2.04. The molecular weight excluding hydrogens is 344 g/mol. The number of nitrogens with one attached hydrogen (secondary N) is 1. The second-order valence-corrected chi connectivity index (χ2v) is 6.10. The first-order chi connectivity index (χ1) is 13.0. The minimum Gasteiger partial charge on any atom is -0.507 e. The summed E-state index contributed by atoms with van der Waals surface area (Å²) in [6.07, 6.45) is 1.40. The van der Waals surface area contributed by atoms with Gasteiger partial charge >= 0.3 is 5.91 Å². The predicted octanol–water partition coefficient (Wildman–Crippen LogP) is 2.36. The number of hydrazone groups is 1. The zero-order valence-corrected chi connectivity index (χ0v) is 14.7. The van der Waals surface area contributed by atoms with Crippen LogP contribution in [-0.2, 0) is 0 Å². The molecule has 4 rings (SSSR count). The third-order valence-electron chi connectivity index (χ3n) is 4.13. The van der Waals surface area contributed by atoms with Gasteiger partial charge in [0.15, 0.2) is 0 Å². The summed E-state index contributed by atoms with van der Waals surface area (Å²) in [6.45, 7) is 3.71. The van der Waals surface area contributed by atoms with Crippen molar-refractivity contribution in [2.75, 3.05) is 0 Å². The van der Waals surface area contributed by atoms with Crippen LogP contribution in [0.15, 0.2) is 47.6 Å². The van der Waals surface area contributed by atoms with Gasteiger partial charge in [0.05, 0.1) is 6.21 Å². The van der Waals surface area contributed by atoms with Gasteiger partial charge in [0.2, 0.25) is 5.82 Å². The Kier molecular flexibility index (Phi) is 4.00. The van der Waals surface area contributed by atoms with E-state index in [2.05, 4.69) is 25.6 Å². The Hall–Kier alpha value is -3.81. The first kappa shape index (κ1) is 16.6. The van der Waals surface area contributed by atoms with E-state index < -0.39 is 5.91 Å². The molecule has 4 aromatic rings. The Morgan fingerprint density at radius 2 is 2.00 bits per heavy atom. The summed E-state index contributed by atoms with van der Waals surface area (Å²) in [5, 5.41) is 20.0. The fourth-order valence-electron chi connectivity index (χ4n) is 2.89. The monoisotopic (exact) mass is 360 g/mol. The van der Waals surface area contributed by atoms with Crippen molar-refractivity contribution in [2.45, 2.75) is 13.8 Å². The number of carbonyl (C=O) groups excluding carboxylic acids is 1. The normalized spacial score (nSPS) is 11.5. The molecule has 134 valence electrons. The summed E-state index contributed by atoms with van der Waals surface area (Å²) in [5.41, 5.74) is 4.53. The van der Waals surface area contributed by atoms with E-state index in [9.17, 15) is 9.90 Å².